The number of anilines is 2. The van der Waals surface area contributed by atoms with Gasteiger partial charge in [-0.15, -0.1) is 0 Å². The quantitative estimate of drug-likeness (QED) is 0.769. The first-order valence-corrected chi connectivity index (χ1v) is 10.6. The molecule has 2 N–H and O–H groups in total. The molecular formula is C19H16ClN3O5S. The van der Waals surface area contributed by atoms with Crippen LogP contribution >= 0.6 is 11.6 Å². The van der Waals surface area contributed by atoms with Crippen LogP contribution in [0.25, 0.3) is 0 Å². The summed E-state index contributed by atoms with van der Waals surface area (Å²) in [5.41, 5.74) is 0.929. The summed E-state index contributed by atoms with van der Waals surface area (Å²) in [6.07, 6.45) is 1.30. The maximum absolute atomic E-state index is 12.7. The van der Waals surface area contributed by atoms with Crippen LogP contribution in [0, 0.1) is 0 Å². The lowest BCUT2D eigenvalue weighted by atomic mass is 10.1. The first kappa shape index (κ1) is 19.4. The van der Waals surface area contributed by atoms with Gasteiger partial charge in [0.15, 0.2) is 0 Å². The van der Waals surface area contributed by atoms with E-state index in [9.17, 15) is 22.8 Å². The van der Waals surface area contributed by atoms with Crippen LogP contribution in [0.4, 0.5) is 11.4 Å². The number of rotatable bonds is 4. The number of carbonyl (C=O) groups is 3. The third-order valence-electron chi connectivity index (χ3n) is 4.63. The second-order valence-corrected chi connectivity index (χ2v) is 9.07. The molecule has 0 atom stereocenters. The minimum atomic E-state index is -3.95. The standard InChI is InChI=1S/C19H16ClN3O5S/c1-10(24)21-12-3-7-16(15(20)9-12)22-18(25)11-2-6-14-17(8-11)29(27,28)23(19(14)26)13-4-5-13/h2-3,6-9,13H,4-5H2,1H3,(H,21,24)(H,22,25). The van der Waals surface area contributed by atoms with Crippen LogP contribution in [0.2, 0.25) is 5.02 Å². The maximum Gasteiger partial charge on any atom is 0.269 e. The molecule has 8 nitrogen and oxygen atoms in total. The van der Waals surface area contributed by atoms with Crippen molar-refractivity contribution in [2.75, 3.05) is 10.6 Å². The summed E-state index contributed by atoms with van der Waals surface area (Å²) < 4.78 is 26.3. The van der Waals surface area contributed by atoms with Crippen molar-refractivity contribution in [3.05, 3.63) is 52.5 Å². The lowest BCUT2D eigenvalue weighted by molar-refractivity contribution is -0.114. The fraction of sp³-hybridized carbons (Fsp3) is 0.211. The van der Waals surface area contributed by atoms with E-state index in [0.717, 1.165) is 4.31 Å². The SMILES string of the molecule is CC(=O)Nc1ccc(NC(=O)c2ccc3c(c2)S(=O)(=O)N(C2CC2)C3=O)c(Cl)c1. The first-order valence-electron chi connectivity index (χ1n) is 8.80. The van der Waals surface area contributed by atoms with Crippen molar-refractivity contribution in [2.45, 2.75) is 30.7 Å². The average molecular weight is 434 g/mol. The molecule has 10 heteroatoms. The van der Waals surface area contributed by atoms with Gasteiger partial charge in [0.2, 0.25) is 5.91 Å². The predicted octanol–water partition coefficient (Wildman–Crippen LogP) is 2.86. The number of carbonyl (C=O) groups excluding carboxylic acids is 3. The molecule has 3 amide bonds. The lowest BCUT2D eigenvalue weighted by Crippen LogP contribution is -2.31. The van der Waals surface area contributed by atoms with Crippen molar-refractivity contribution in [1.82, 2.24) is 4.31 Å². The molecule has 2 aromatic carbocycles. The number of hydrogen-bond donors (Lipinski definition) is 2. The van der Waals surface area contributed by atoms with Crippen LogP contribution < -0.4 is 10.6 Å². The van der Waals surface area contributed by atoms with E-state index in [1.54, 1.807) is 6.07 Å². The van der Waals surface area contributed by atoms with Crippen molar-refractivity contribution in [3.8, 4) is 0 Å². The topological polar surface area (TPSA) is 113 Å². The fourth-order valence-electron chi connectivity index (χ4n) is 3.15. The molecule has 1 aliphatic heterocycles. The van der Waals surface area contributed by atoms with Gasteiger partial charge in [-0.05, 0) is 49.2 Å². The zero-order chi connectivity index (χ0) is 20.9. The van der Waals surface area contributed by atoms with E-state index in [0.29, 0.717) is 24.2 Å². The molecule has 0 aromatic heterocycles. The molecule has 0 spiro atoms. The molecule has 150 valence electrons. The summed E-state index contributed by atoms with van der Waals surface area (Å²) >= 11 is 6.15. The molecule has 29 heavy (non-hydrogen) atoms. The minimum absolute atomic E-state index is 0.0751. The molecule has 1 aliphatic carbocycles. The second kappa shape index (κ2) is 6.85. The highest BCUT2D eigenvalue weighted by molar-refractivity contribution is 7.90. The zero-order valence-corrected chi connectivity index (χ0v) is 16.8. The van der Waals surface area contributed by atoms with Crippen LogP contribution in [-0.4, -0.2) is 36.5 Å². The third-order valence-corrected chi connectivity index (χ3v) is 6.82. The Balaban J connectivity index is 1.59. The van der Waals surface area contributed by atoms with Crippen molar-refractivity contribution in [3.63, 3.8) is 0 Å². The Morgan fingerprint density at radius 1 is 1.10 bits per heavy atom. The average Bonchev–Trinajstić information content (AvgIpc) is 3.44. The normalized spacial score (nSPS) is 17.0. The molecule has 1 fully saturated rings. The number of benzene rings is 2. The van der Waals surface area contributed by atoms with E-state index in [1.807, 2.05) is 0 Å². The van der Waals surface area contributed by atoms with Gasteiger partial charge in [0.25, 0.3) is 21.8 Å². The highest BCUT2D eigenvalue weighted by Gasteiger charge is 2.48. The summed E-state index contributed by atoms with van der Waals surface area (Å²) in [4.78, 5) is 36.0. The molecule has 4 rings (SSSR count). The Morgan fingerprint density at radius 3 is 2.45 bits per heavy atom. The zero-order valence-electron chi connectivity index (χ0n) is 15.2. The number of nitrogens with one attached hydrogen (secondary N) is 2. The molecule has 0 saturated heterocycles. The van der Waals surface area contributed by atoms with Crippen molar-refractivity contribution >= 4 is 50.7 Å². The fourth-order valence-corrected chi connectivity index (χ4v) is 5.22. The highest BCUT2D eigenvalue weighted by atomic mass is 35.5. The number of amides is 3. The summed E-state index contributed by atoms with van der Waals surface area (Å²) in [5.74, 6) is -1.38. The third kappa shape index (κ3) is 3.47. The molecule has 2 aliphatic rings. The van der Waals surface area contributed by atoms with Gasteiger partial charge in [0.1, 0.15) is 4.90 Å². The van der Waals surface area contributed by atoms with E-state index >= 15 is 0 Å². The van der Waals surface area contributed by atoms with Crippen molar-refractivity contribution < 1.29 is 22.8 Å². The second-order valence-electron chi connectivity index (χ2n) is 6.88. The van der Waals surface area contributed by atoms with Gasteiger partial charge >= 0.3 is 0 Å². The Labute approximate surface area is 171 Å². The maximum atomic E-state index is 12.7. The molecule has 0 radical (unpaired) electrons. The number of sulfonamides is 1. The Bertz CT molecular complexity index is 1170. The summed E-state index contributed by atoms with van der Waals surface area (Å²) in [5, 5.41) is 5.39. The number of halogens is 1. The molecule has 1 heterocycles. The molecule has 1 saturated carbocycles. The van der Waals surface area contributed by atoms with Crippen LogP contribution in [0.15, 0.2) is 41.3 Å². The van der Waals surface area contributed by atoms with Crippen molar-refractivity contribution in [1.29, 1.82) is 0 Å². The molecule has 2 aromatic rings. The van der Waals surface area contributed by atoms with Crippen LogP contribution in [0.1, 0.15) is 40.5 Å². The van der Waals surface area contributed by atoms with Crippen LogP contribution in [-0.2, 0) is 14.8 Å². The monoisotopic (exact) mass is 433 g/mol. The van der Waals surface area contributed by atoms with E-state index in [4.69, 9.17) is 11.6 Å². The van der Waals surface area contributed by atoms with E-state index in [-0.39, 0.29) is 33.0 Å². The van der Waals surface area contributed by atoms with E-state index in [2.05, 4.69) is 10.6 Å². The van der Waals surface area contributed by atoms with Gasteiger partial charge in [-0.25, -0.2) is 12.7 Å². The van der Waals surface area contributed by atoms with Gasteiger partial charge in [0.05, 0.1) is 16.3 Å². The first-order chi connectivity index (χ1) is 13.7. The largest absolute Gasteiger partial charge is 0.326 e. The Kier molecular flexibility index (Phi) is 4.59. The molecule has 0 unspecified atom stereocenters. The Hall–Kier alpha value is -2.91. The van der Waals surface area contributed by atoms with Gasteiger partial charge in [-0.1, -0.05) is 11.6 Å². The van der Waals surface area contributed by atoms with Gasteiger partial charge in [-0.3, -0.25) is 14.4 Å². The highest BCUT2D eigenvalue weighted by Crippen LogP contribution is 2.39. The van der Waals surface area contributed by atoms with Crippen molar-refractivity contribution in [2.24, 2.45) is 0 Å². The number of hydrogen-bond acceptors (Lipinski definition) is 5. The van der Waals surface area contributed by atoms with E-state index < -0.39 is 21.8 Å². The van der Waals surface area contributed by atoms with Crippen LogP contribution in [0.3, 0.4) is 0 Å². The summed E-state index contributed by atoms with van der Waals surface area (Å²) in [6.45, 7) is 1.36. The molecular weight excluding hydrogens is 418 g/mol. The smallest absolute Gasteiger partial charge is 0.269 e. The predicted molar refractivity (Wildman–Crippen MR) is 107 cm³/mol. The van der Waals surface area contributed by atoms with Gasteiger partial charge in [-0.2, -0.15) is 0 Å². The number of nitrogens with zero attached hydrogens (tertiary/aromatic N) is 1. The van der Waals surface area contributed by atoms with Crippen LogP contribution in [0.5, 0.6) is 0 Å². The van der Waals surface area contributed by atoms with E-state index in [1.165, 1.54) is 37.3 Å². The summed E-state index contributed by atoms with van der Waals surface area (Å²) in [7, 11) is -3.95. The van der Waals surface area contributed by atoms with Gasteiger partial charge < -0.3 is 10.6 Å². The Morgan fingerprint density at radius 2 is 1.83 bits per heavy atom. The lowest BCUT2D eigenvalue weighted by Gasteiger charge is -2.13. The number of fused-ring (bicyclic) bond motifs is 1. The van der Waals surface area contributed by atoms with Gasteiger partial charge in [0, 0.05) is 24.2 Å². The molecule has 0 bridgehead atoms. The minimum Gasteiger partial charge on any atom is -0.326 e. The summed E-state index contributed by atoms with van der Waals surface area (Å²) in [6, 6.07) is 8.25.